The van der Waals surface area contributed by atoms with Crippen LogP contribution < -0.4 is 0 Å². The summed E-state index contributed by atoms with van der Waals surface area (Å²) >= 11 is 6.35. The van der Waals surface area contributed by atoms with E-state index in [0.717, 1.165) is 32.1 Å². The van der Waals surface area contributed by atoms with Gasteiger partial charge in [0.1, 0.15) is 6.61 Å². The largest absolute Gasteiger partial charge is 0.371 e. The minimum Gasteiger partial charge on any atom is -0.371 e. The third-order valence-corrected chi connectivity index (χ3v) is 6.89. The van der Waals surface area contributed by atoms with E-state index in [9.17, 15) is 22.0 Å². The standard InChI is InChI=1S/C18H23ClF2O4S/c1-2-26(23,24)15-9-8-13(18(22)12-6-4-3-5-7-12)17(19)14(15)10-25-11-16(20)21/h8-9,12,16H,2-7,10-11H2,1H3. The van der Waals surface area contributed by atoms with E-state index in [1.807, 2.05) is 0 Å². The molecule has 0 aromatic heterocycles. The lowest BCUT2D eigenvalue weighted by atomic mass is 9.83. The zero-order chi connectivity index (χ0) is 19.3. The molecule has 0 aliphatic heterocycles. The average Bonchev–Trinajstić information content (AvgIpc) is 2.62. The first kappa shape index (κ1) is 21.3. The van der Waals surface area contributed by atoms with Gasteiger partial charge in [0.05, 0.1) is 22.3 Å². The predicted octanol–water partition coefficient (Wildman–Crippen LogP) is 4.68. The molecule has 1 fully saturated rings. The number of carbonyl (C=O) groups excluding carboxylic acids is 1. The number of hydrogen-bond donors (Lipinski definition) is 0. The molecule has 1 aromatic rings. The molecule has 0 saturated heterocycles. The maximum atomic E-state index is 12.8. The van der Waals surface area contributed by atoms with Gasteiger partial charge < -0.3 is 4.74 Å². The van der Waals surface area contributed by atoms with E-state index in [0.29, 0.717) is 0 Å². The number of carbonyl (C=O) groups is 1. The van der Waals surface area contributed by atoms with Crippen molar-refractivity contribution in [1.82, 2.24) is 0 Å². The topological polar surface area (TPSA) is 60.4 Å². The molecule has 146 valence electrons. The zero-order valence-corrected chi connectivity index (χ0v) is 16.2. The summed E-state index contributed by atoms with van der Waals surface area (Å²) in [6.07, 6.45) is 1.93. The minimum atomic E-state index is -3.63. The Kier molecular flexibility index (Phi) is 7.55. The molecule has 1 saturated carbocycles. The summed E-state index contributed by atoms with van der Waals surface area (Å²) < 4.78 is 54.2. The molecule has 0 heterocycles. The fourth-order valence-electron chi connectivity index (χ4n) is 3.21. The molecule has 2 rings (SSSR count). The highest BCUT2D eigenvalue weighted by Crippen LogP contribution is 2.34. The van der Waals surface area contributed by atoms with Crippen molar-refractivity contribution in [1.29, 1.82) is 0 Å². The quantitative estimate of drug-likeness (QED) is 0.586. The molecule has 0 radical (unpaired) electrons. The average molecular weight is 409 g/mol. The Bertz CT molecular complexity index is 744. The molecule has 0 N–H and O–H groups in total. The molecule has 4 nitrogen and oxygen atoms in total. The van der Waals surface area contributed by atoms with Crippen molar-refractivity contribution in [2.24, 2.45) is 5.92 Å². The molecular weight excluding hydrogens is 386 g/mol. The van der Waals surface area contributed by atoms with Crippen molar-refractivity contribution in [2.75, 3.05) is 12.4 Å². The molecule has 0 atom stereocenters. The summed E-state index contributed by atoms with van der Waals surface area (Å²) in [5.74, 6) is -0.420. The summed E-state index contributed by atoms with van der Waals surface area (Å²) in [4.78, 5) is 12.7. The third-order valence-electron chi connectivity index (χ3n) is 4.65. The van der Waals surface area contributed by atoms with Gasteiger partial charge in [0, 0.05) is 17.0 Å². The Morgan fingerprint density at radius 2 is 1.92 bits per heavy atom. The number of ketones is 1. The number of alkyl halides is 2. The third kappa shape index (κ3) is 5.02. The molecular formula is C18H23ClF2O4S. The van der Waals surface area contributed by atoms with Crippen LogP contribution in [0.15, 0.2) is 17.0 Å². The highest BCUT2D eigenvalue weighted by atomic mass is 35.5. The maximum Gasteiger partial charge on any atom is 0.261 e. The number of hydrogen-bond acceptors (Lipinski definition) is 4. The lowest BCUT2D eigenvalue weighted by Crippen LogP contribution is -2.19. The fourth-order valence-corrected chi connectivity index (χ4v) is 4.70. The molecule has 1 aromatic carbocycles. The van der Waals surface area contributed by atoms with Crippen LogP contribution in [0.2, 0.25) is 5.02 Å². The Labute approximate surface area is 157 Å². The van der Waals surface area contributed by atoms with Crippen LogP contribution in [0.4, 0.5) is 8.78 Å². The summed E-state index contributed by atoms with van der Waals surface area (Å²) in [6, 6.07) is 2.76. The first-order valence-corrected chi connectivity index (χ1v) is 10.7. The van der Waals surface area contributed by atoms with E-state index >= 15 is 0 Å². The summed E-state index contributed by atoms with van der Waals surface area (Å²) in [5, 5.41) is -0.00985. The summed E-state index contributed by atoms with van der Waals surface area (Å²) in [7, 11) is -3.63. The summed E-state index contributed by atoms with van der Waals surface area (Å²) in [5.41, 5.74) is 0.320. The van der Waals surface area contributed by atoms with Gasteiger partial charge in [-0.25, -0.2) is 17.2 Å². The number of benzene rings is 1. The fraction of sp³-hybridized carbons (Fsp3) is 0.611. The smallest absolute Gasteiger partial charge is 0.261 e. The molecule has 0 spiro atoms. The first-order chi connectivity index (χ1) is 12.3. The van der Waals surface area contributed by atoms with Gasteiger partial charge >= 0.3 is 0 Å². The van der Waals surface area contributed by atoms with E-state index in [1.54, 1.807) is 0 Å². The Balaban J connectivity index is 2.40. The minimum absolute atomic E-state index is 0.00985. The Morgan fingerprint density at radius 3 is 2.50 bits per heavy atom. The normalized spacial score (nSPS) is 16.2. The molecule has 1 aliphatic carbocycles. The number of sulfone groups is 1. The first-order valence-electron chi connectivity index (χ1n) is 8.72. The second-order valence-electron chi connectivity index (χ2n) is 6.41. The van der Waals surface area contributed by atoms with Crippen molar-refractivity contribution in [3.05, 3.63) is 28.3 Å². The van der Waals surface area contributed by atoms with Gasteiger partial charge in [-0.1, -0.05) is 37.8 Å². The van der Waals surface area contributed by atoms with Crippen LogP contribution in [0.5, 0.6) is 0 Å². The highest BCUT2D eigenvalue weighted by molar-refractivity contribution is 7.91. The number of ether oxygens (including phenoxy) is 1. The van der Waals surface area contributed by atoms with Gasteiger partial charge in [0.25, 0.3) is 6.43 Å². The van der Waals surface area contributed by atoms with Crippen LogP contribution in [0.3, 0.4) is 0 Å². The van der Waals surface area contributed by atoms with E-state index in [2.05, 4.69) is 0 Å². The number of Topliss-reactive ketones (excluding diaryl/α,β-unsaturated/α-hetero) is 1. The van der Waals surface area contributed by atoms with E-state index in [-0.39, 0.29) is 45.1 Å². The summed E-state index contributed by atoms with van der Waals surface area (Å²) in [6.45, 7) is 0.264. The van der Waals surface area contributed by atoms with Crippen LogP contribution in [0.25, 0.3) is 0 Å². The van der Waals surface area contributed by atoms with Crippen LogP contribution in [-0.4, -0.2) is 33.0 Å². The van der Waals surface area contributed by atoms with Crippen molar-refractivity contribution in [3.8, 4) is 0 Å². The van der Waals surface area contributed by atoms with Crippen LogP contribution >= 0.6 is 11.6 Å². The van der Waals surface area contributed by atoms with E-state index < -0.39 is 22.9 Å². The van der Waals surface area contributed by atoms with Gasteiger partial charge in [-0.05, 0) is 25.0 Å². The highest BCUT2D eigenvalue weighted by Gasteiger charge is 2.28. The van der Waals surface area contributed by atoms with Gasteiger partial charge in [-0.3, -0.25) is 4.79 Å². The van der Waals surface area contributed by atoms with Gasteiger partial charge in [0.15, 0.2) is 15.6 Å². The number of rotatable bonds is 8. The van der Waals surface area contributed by atoms with Crippen molar-refractivity contribution >= 4 is 27.2 Å². The van der Waals surface area contributed by atoms with Crippen molar-refractivity contribution in [2.45, 2.75) is 57.0 Å². The molecule has 8 heteroatoms. The Morgan fingerprint density at radius 1 is 1.27 bits per heavy atom. The predicted molar refractivity (Wildman–Crippen MR) is 95.7 cm³/mol. The van der Waals surface area contributed by atoms with Crippen LogP contribution in [0, 0.1) is 5.92 Å². The van der Waals surface area contributed by atoms with Gasteiger partial charge in [-0.15, -0.1) is 0 Å². The van der Waals surface area contributed by atoms with Gasteiger partial charge in [0.2, 0.25) is 0 Å². The van der Waals surface area contributed by atoms with E-state index in [1.165, 1.54) is 19.1 Å². The van der Waals surface area contributed by atoms with Crippen molar-refractivity contribution in [3.63, 3.8) is 0 Å². The molecule has 0 amide bonds. The second kappa shape index (κ2) is 9.24. The molecule has 1 aliphatic rings. The van der Waals surface area contributed by atoms with Gasteiger partial charge in [-0.2, -0.15) is 0 Å². The SMILES string of the molecule is CCS(=O)(=O)c1ccc(C(=O)C2CCCCC2)c(Cl)c1COCC(F)F. The second-order valence-corrected chi connectivity index (χ2v) is 9.04. The monoisotopic (exact) mass is 408 g/mol. The van der Waals surface area contributed by atoms with Crippen LogP contribution in [0.1, 0.15) is 54.9 Å². The maximum absolute atomic E-state index is 12.8. The lowest BCUT2D eigenvalue weighted by molar-refractivity contribution is 0.00921. The molecule has 26 heavy (non-hydrogen) atoms. The van der Waals surface area contributed by atoms with Crippen LogP contribution in [-0.2, 0) is 21.2 Å². The molecule has 0 bridgehead atoms. The van der Waals surface area contributed by atoms with Crippen molar-refractivity contribution < 1.29 is 26.7 Å². The Hall–Kier alpha value is -1.05. The zero-order valence-electron chi connectivity index (χ0n) is 14.6. The lowest BCUT2D eigenvalue weighted by Gasteiger charge is -2.22. The number of halogens is 3. The van der Waals surface area contributed by atoms with E-state index in [4.69, 9.17) is 16.3 Å². The molecule has 0 unspecified atom stereocenters.